The summed E-state index contributed by atoms with van der Waals surface area (Å²) in [5, 5.41) is 4.92. The van der Waals surface area contributed by atoms with Crippen molar-refractivity contribution < 1.29 is 0 Å². The molecule has 0 aliphatic rings. The summed E-state index contributed by atoms with van der Waals surface area (Å²) in [4.78, 5) is 1.16. The van der Waals surface area contributed by atoms with E-state index in [0.717, 1.165) is 25.8 Å². The Morgan fingerprint density at radius 1 is 1.44 bits per heavy atom. The molecule has 0 aliphatic carbocycles. The van der Waals surface area contributed by atoms with Gasteiger partial charge in [-0.05, 0) is 40.2 Å². The lowest BCUT2D eigenvalue weighted by Gasteiger charge is -2.12. The van der Waals surface area contributed by atoms with Gasteiger partial charge in [0.2, 0.25) is 0 Å². The molecule has 0 saturated carbocycles. The molecule has 2 rings (SSSR count). The molecule has 3 nitrogen and oxygen atoms in total. The van der Waals surface area contributed by atoms with Crippen LogP contribution in [0.2, 0.25) is 5.02 Å². The van der Waals surface area contributed by atoms with E-state index in [-0.39, 0.29) is 6.04 Å². The van der Waals surface area contributed by atoms with Crippen LogP contribution in [0.25, 0.3) is 0 Å². The zero-order chi connectivity index (χ0) is 13.1. The highest BCUT2D eigenvalue weighted by atomic mass is 79.9. The third-order valence-electron chi connectivity index (χ3n) is 2.53. The van der Waals surface area contributed by atoms with Crippen LogP contribution in [0, 0.1) is 0 Å². The molecule has 1 aromatic carbocycles. The highest BCUT2D eigenvalue weighted by Crippen LogP contribution is 2.27. The van der Waals surface area contributed by atoms with Crippen LogP contribution < -0.4 is 5.73 Å². The first-order valence-corrected chi connectivity index (χ1v) is 7.55. The predicted octanol–water partition coefficient (Wildman–Crippen LogP) is 3.63. The summed E-state index contributed by atoms with van der Waals surface area (Å²) < 4.78 is 2.76. The first-order valence-electron chi connectivity index (χ1n) is 5.39. The minimum absolute atomic E-state index is 0.0625. The van der Waals surface area contributed by atoms with Crippen LogP contribution in [0.5, 0.6) is 0 Å². The van der Waals surface area contributed by atoms with E-state index in [2.05, 4.69) is 21.0 Å². The summed E-state index contributed by atoms with van der Waals surface area (Å²) in [5.74, 6) is 0.791. The van der Waals surface area contributed by atoms with Crippen molar-refractivity contribution in [3.05, 3.63) is 45.7 Å². The van der Waals surface area contributed by atoms with Gasteiger partial charge in [0.25, 0.3) is 0 Å². The Kier molecular flexibility index (Phi) is 4.72. The lowest BCUT2D eigenvalue weighted by molar-refractivity contribution is 0.657. The molecule has 0 aliphatic heterocycles. The number of hydrogen-bond acceptors (Lipinski definition) is 3. The number of rotatable bonds is 4. The molecule has 1 unspecified atom stereocenters. The van der Waals surface area contributed by atoms with Gasteiger partial charge in [-0.15, -0.1) is 11.8 Å². The van der Waals surface area contributed by atoms with Crippen LogP contribution >= 0.6 is 39.3 Å². The normalized spacial score (nSPS) is 12.7. The van der Waals surface area contributed by atoms with Gasteiger partial charge in [-0.1, -0.05) is 11.6 Å². The molecule has 2 aromatic rings. The summed E-state index contributed by atoms with van der Waals surface area (Å²) in [6.07, 6.45) is 1.77. The summed E-state index contributed by atoms with van der Waals surface area (Å²) in [5.41, 5.74) is 7.19. The largest absolute Gasteiger partial charge is 0.322 e. The third kappa shape index (κ3) is 3.29. The van der Waals surface area contributed by atoms with Gasteiger partial charge in [-0.2, -0.15) is 5.10 Å². The van der Waals surface area contributed by atoms with E-state index in [0.29, 0.717) is 0 Å². The fourth-order valence-corrected chi connectivity index (χ4v) is 3.26. The van der Waals surface area contributed by atoms with Gasteiger partial charge in [0.1, 0.15) is 0 Å². The van der Waals surface area contributed by atoms with Crippen LogP contribution in [0.4, 0.5) is 0 Å². The molecular formula is C12H13BrClN3S. The lowest BCUT2D eigenvalue weighted by atomic mass is 10.2. The molecular weight excluding hydrogens is 334 g/mol. The van der Waals surface area contributed by atoms with Crippen molar-refractivity contribution in [2.45, 2.75) is 10.9 Å². The van der Waals surface area contributed by atoms with E-state index in [9.17, 15) is 0 Å². The quantitative estimate of drug-likeness (QED) is 0.860. The van der Waals surface area contributed by atoms with Gasteiger partial charge in [0.05, 0.1) is 22.4 Å². The third-order valence-corrected chi connectivity index (χ3v) is 4.53. The lowest BCUT2D eigenvalue weighted by Crippen LogP contribution is -2.17. The average Bonchev–Trinajstić information content (AvgIpc) is 2.68. The molecule has 0 bridgehead atoms. The van der Waals surface area contributed by atoms with E-state index in [1.807, 2.05) is 31.3 Å². The van der Waals surface area contributed by atoms with Crippen molar-refractivity contribution in [3.63, 3.8) is 0 Å². The second kappa shape index (κ2) is 6.10. The molecule has 0 radical (unpaired) electrons. The van der Waals surface area contributed by atoms with Gasteiger partial charge in [0, 0.05) is 22.7 Å². The maximum atomic E-state index is 6.18. The Morgan fingerprint density at radius 2 is 2.11 bits per heavy atom. The highest BCUT2D eigenvalue weighted by Gasteiger charge is 2.14. The Balaban J connectivity index is 2.00. The standard InChI is InChI=1S/C12H13BrClN3S/c1-17-12(10(13)6-16-17)11(15)7-18-9-4-2-8(14)3-5-9/h2-6,11H,7,15H2,1H3. The molecule has 0 saturated heterocycles. The van der Waals surface area contributed by atoms with E-state index in [1.165, 1.54) is 0 Å². The summed E-state index contributed by atoms with van der Waals surface area (Å²) in [6, 6.07) is 7.70. The Bertz CT molecular complexity index is 507. The van der Waals surface area contributed by atoms with Gasteiger partial charge in [-0.3, -0.25) is 4.68 Å². The molecule has 18 heavy (non-hydrogen) atoms. The number of nitrogens with two attached hydrogens (primary N) is 1. The van der Waals surface area contributed by atoms with E-state index < -0.39 is 0 Å². The summed E-state index contributed by atoms with van der Waals surface area (Å²) in [7, 11) is 1.90. The maximum Gasteiger partial charge on any atom is 0.0698 e. The number of halogens is 2. The molecule has 1 atom stereocenters. The molecule has 6 heteroatoms. The number of benzene rings is 1. The predicted molar refractivity (Wildman–Crippen MR) is 80.0 cm³/mol. The topological polar surface area (TPSA) is 43.8 Å². The number of nitrogens with zero attached hydrogens (tertiary/aromatic N) is 2. The van der Waals surface area contributed by atoms with Crippen molar-refractivity contribution in [1.82, 2.24) is 9.78 Å². The summed E-state index contributed by atoms with van der Waals surface area (Å²) >= 11 is 11.0. The minimum atomic E-state index is -0.0625. The van der Waals surface area contributed by atoms with Crippen LogP contribution in [0.3, 0.4) is 0 Å². The highest BCUT2D eigenvalue weighted by molar-refractivity contribution is 9.10. The molecule has 0 amide bonds. The van der Waals surface area contributed by atoms with Crippen LogP contribution in [0.1, 0.15) is 11.7 Å². The van der Waals surface area contributed by atoms with E-state index in [1.54, 1.807) is 22.6 Å². The van der Waals surface area contributed by atoms with Crippen molar-refractivity contribution in [3.8, 4) is 0 Å². The van der Waals surface area contributed by atoms with Gasteiger partial charge in [0.15, 0.2) is 0 Å². The Hall–Kier alpha value is -0.490. The monoisotopic (exact) mass is 345 g/mol. The SMILES string of the molecule is Cn1ncc(Br)c1C(N)CSc1ccc(Cl)cc1. The van der Waals surface area contributed by atoms with Crippen molar-refractivity contribution >= 4 is 39.3 Å². The maximum absolute atomic E-state index is 6.18. The fourth-order valence-electron chi connectivity index (χ4n) is 1.63. The first-order chi connectivity index (χ1) is 8.58. The van der Waals surface area contributed by atoms with Crippen LogP contribution in [-0.2, 0) is 7.05 Å². The Morgan fingerprint density at radius 3 is 2.67 bits per heavy atom. The number of aryl methyl sites for hydroxylation is 1. The zero-order valence-electron chi connectivity index (χ0n) is 9.81. The molecule has 1 aromatic heterocycles. The van der Waals surface area contributed by atoms with Crippen molar-refractivity contribution in [1.29, 1.82) is 0 Å². The molecule has 0 fully saturated rings. The Labute approximate surface area is 124 Å². The summed E-state index contributed by atoms with van der Waals surface area (Å²) in [6.45, 7) is 0. The van der Waals surface area contributed by atoms with E-state index >= 15 is 0 Å². The second-order valence-corrected chi connectivity index (χ2v) is 6.26. The van der Waals surface area contributed by atoms with Gasteiger partial charge >= 0.3 is 0 Å². The van der Waals surface area contributed by atoms with Crippen molar-refractivity contribution in [2.75, 3.05) is 5.75 Å². The van der Waals surface area contributed by atoms with Gasteiger partial charge in [-0.25, -0.2) is 0 Å². The smallest absolute Gasteiger partial charge is 0.0698 e. The fraction of sp³-hybridized carbons (Fsp3) is 0.250. The van der Waals surface area contributed by atoms with E-state index in [4.69, 9.17) is 17.3 Å². The minimum Gasteiger partial charge on any atom is -0.322 e. The number of hydrogen-bond donors (Lipinski definition) is 1. The van der Waals surface area contributed by atoms with Gasteiger partial charge < -0.3 is 5.73 Å². The molecule has 1 heterocycles. The second-order valence-electron chi connectivity index (χ2n) is 3.87. The molecule has 0 spiro atoms. The first kappa shape index (κ1) is 13.9. The average molecular weight is 347 g/mol. The van der Waals surface area contributed by atoms with Crippen molar-refractivity contribution in [2.24, 2.45) is 12.8 Å². The number of aromatic nitrogens is 2. The molecule has 2 N–H and O–H groups in total. The van der Waals surface area contributed by atoms with Crippen LogP contribution in [-0.4, -0.2) is 15.5 Å². The van der Waals surface area contributed by atoms with Crippen LogP contribution in [0.15, 0.2) is 39.8 Å². The number of thioether (sulfide) groups is 1. The zero-order valence-corrected chi connectivity index (χ0v) is 13.0. The molecule has 96 valence electrons.